The predicted molar refractivity (Wildman–Crippen MR) is 78.0 cm³/mol. The van der Waals surface area contributed by atoms with Crippen LogP contribution in [0.2, 0.25) is 5.02 Å². The molecular weight excluding hydrogens is 336 g/mol. The lowest BCUT2D eigenvalue weighted by Gasteiger charge is -2.11. The van der Waals surface area contributed by atoms with Gasteiger partial charge in [0.15, 0.2) is 0 Å². The summed E-state index contributed by atoms with van der Waals surface area (Å²) < 4.78 is 0. The van der Waals surface area contributed by atoms with Gasteiger partial charge in [-0.25, -0.2) is 0 Å². The SMILES string of the molecule is CC(CCBr)CNC(=O)c1cc(Cl)ccc1[N+](=O)[O-]. The molecule has 1 aromatic rings. The van der Waals surface area contributed by atoms with Crippen molar-refractivity contribution in [2.45, 2.75) is 13.3 Å². The van der Waals surface area contributed by atoms with Gasteiger partial charge in [-0.2, -0.15) is 0 Å². The van der Waals surface area contributed by atoms with Crippen LogP contribution in [0.4, 0.5) is 5.69 Å². The minimum absolute atomic E-state index is 0.0106. The van der Waals surface area contributed by atoms with Gasteiger partial charge in [-0.1, -0.05) is 34.5 Å². The number of nitrogens with one attached hydrogen (secondary N) is 1. The molecule has 1 unspecified atom stereocenters. The summed E-state index contributed by atoms with van der Waals surface area (Å²) in [6, 6.07) is 3.94. The number of alkyl halides is 1. The van der Waals surface area contributed by atoms with Crippen molar-refractivity contribution >= 4 is 39.1 Å². The Morgan fingerprint density at radius 3 is 2.84 bits per heavy atom. The van der Waals surface area contributed by atoms with E-state index >= 15 is 0 Å². The highest BCUT2D eigenvalue weighted by atomic mass is 79.9. The van der Waals surface area contributed by atoms with Gasteiger partial charge in [0.05, 0.1) is 4.92 Å². The second kappa shape index (κ2) is 7.45. The zero-order valence-corrected chi connectivity index (χ0v) is 12.7. The van der Waals surface area contributed by atoms with Crippen molar-refractivity contribution in [2.24, 2.45) is 5.92 Å². The molecule has 104 valence electrons. The van der Waals surface area contributed by atoms with Crippen molar-refractivity contribution in [1.29, 1.82) is 0 Å². The first kappa shape index (κ1) is 15.9. The first-order valence-electron chi connectivity index (χ1n) is 5.73. The molecule has 0 spiro atoms. The van der Waals surface area contributed by atoms with Crippen molar-refractivity contribution in [3.05, 3.63) is 38.9 Å². The van der Waals surface area contributed by atoms with Crippen LogP contribution in [0, 0.1) is 16.0 Å². The Kier molecular flexibility index (Phi) is 6.24. The highest BCUT2D eigenvalue weighted by molar-refractivity contribution is 9.09. The minimum Gasteiger partial charge on any atom is -0.352 e. The number of nitro groups is 1. The largest absolute Gasteiger partial charge is 0.352 e. The topological polar surface area (TPSA) is 72.2 Å². The molecule has 0 aromatic heterocycles. The fourth-order valence-electron chi connectivity index (χ4n) is 1.50. The van der Waals surface area contributed by atoms with E-state index in [-0.39, 0.29) is 11.3 Å². The van der Waals surface area contributed by atoms with Crippen molar-refractivity contribution in [2.75, 3.05) is 11.9 Å². The number of carbonyl (C=O) groups excluding carboxylic acids is 1. The number of nitro benzene ring substituents is 1. The molecule has 0 aliphatic carbocycles. The van der Waals surface area contributed by atoms with E-state index in [1.54, 1.807) is 0 Å². The van der Waals surface area contributed by atoms with Crippen LogP contribution in [-0.2, 0) is 0 Å². The number of rotatable bonds is 6. The van der Waals surface area contributed by atoms with Gasteiger partial charge in [0, 0.05) is 23.0 Å². The summed E-state index contributed by atoms with van der Waals surface area (Å²) in [5.41, 5.74) is -0.251. The van der Waals surface area contributed by atoms with E-state index in [2.05, 4.69) is 21.2 Å². The van der Waals surface area contributed by atoms with Gasteiger partial charge in [0.25, 0.3) is 11.6 Å². The molecule has 0 heterocycles. The highest BCUT2D eigenvalue weighted by Crippen LogP contribution is 2.22. The van der Waals surface area contributed by atoms with Gasteiger partial charge < -0.3 is 5.32 Å². The summed E-state index contributed by atoms with van der Waals surface area (Å²) in [6.07, 6.45) is 0.915. The molecule has 1 aromatic carbocycles. The number of hydrogen-bond acceptors (Lipinski definition) is 3. The average Bonchev–Trinajstić information content (AvgIpc) is 2.35. The standard InChI is InChI=1S/C12H14BrClN2O3/c1-8(4-5-13)7-15-12(17)10-6-9(14)2-3-11(10)16(18)19/h2-3,6,8H,4-5,7H2,1H3,(H,15,17). The minimum atomic E-state index is -0.590. The third-order valence-corrected chi connectivity index (χ3v) is 3.31. The number of halogens is 2. The zero-order chi connectivity index (χ0) is 14.4. The van der Waals surface area contributed by atoms with Crippen LogP contribution in [0.3, 0.4) is 0 Å². The molecule has 5 nitrogen and oxygen atoms in total. The van der Waals surface area contributed by atoms with Gasteiger partial charge in [0.2, 0.25) is 0 Å². The Labute approximate surface area is 124 Å². The third-order valence-electron chi connectivity index (χ3n) is 2.61. The predicted octanol–water partition coefficient (Wildman–Crippen LogP) is 3.40. The lowest BCUT2D eigenvalue weighted by molar-refractivity contribution is -0.385. The summed E-state index contributed by atoms with van der Waals surface area (Å²) >= 11 is 9.09. The lowest BCUT2D eigenvalue weighted by atomic mass is 10.1. The van der Waals surface area contributed by atoms with E-state index in [1.807, 2.05) is 6.92 Å². The Morgan fingerprint density at radius 2 is 2.26 bits per heavy atom. The Morgan fingerprint density at radius 1 is 1.58 bits per heavy atom. The molecule has 19 heavy (non-hydrogen) atoms. The molecule has 0 saturated carbocycles. The van der Waals surface area contributed by atoms with Crippen LogP contribution in [0.1, 0.15) is 23.7 Å². The quantitative estimate of drug-likeness (QED) is 0.486. The number of carbonyl (C=O) groups is 1. The second-order valence-electron chi connectivity index (χ2n) is 4.21. The first-order chi connectivity index (χ1) is 8.95. The van der Waals surface area contributed by atoms with Gasteiger partial charge in [-0.05, 0) is 24.5 Å². The molecule has 7 heteroatoms. The number of benzene rings is 1. The maximum atomic E-state index is 11.9. The molecule has 1 atom stereocenters. The van der Waals surface area contributed by atoms with Crippen LogP contribution in [0.5, 0.6) is 0 Å². The molecule has 0 radical (unpaired) electrons. The molecule has 0 fully saturated rings. The fraction of sp³-hybridized carbons (Fsp3) is 0.417. The number of hydrogen-bond donors (Lipinski definition) is 1. The first-order valence-corrected chi connectivity index (χ1v) is 7.23. The van der Waals surface area contributed by atoms with Crippen LogP contribution < -0.4 is 5.32 Å². The molecule has 0 aliphatic heterocycles. The molecular formula is C12H14BrClN2O3. The van der Waals surface area contributed by atoms with E-state index in [0.717, 1.165) is 11.8 Å². The zero-order valence-electron chi connectivity index (χ0n) is 10.4. The van der Waals surface area contributed by atoms with E-state index in [9.17, 15) is 14.9 Å². The van der Waals surface area contributed by atoms with E-state index in [0.29, 0.717) is 17.5 Å². The number of amides is 1. The van der Waals surface area contributed by atoms with Crippen molar-refractivity contribution in [3.63, 3.8) is 0 Å². The average molecular weight is 350 g/mol. The van der Waals surface area contributed by atoms with E-state index < -0.39 is 10.8 Å². The molecule has 0 saturated heterocycles. The molecule has 1 N–H and O–H groups in total. The maximum absolute atomic E-state index is 11.9. The summed E-state index contributed by atoms with van der Waals surface area (Å²) in [5, 5.41) is 14.7. The van der Waals surface area contributed by atoms with Crippen LogP contribution >= 0.6 is 27.5 Å². The van der Waals surface area contributed by atoms with Gasteiger partial charge in [-0.15, -0.1) is 0 Å². The highest BCUT2D eigenvalue weighted by Gasteiger charge is 2.20. The van der Waals surface area contributed by atoms with Crippen molar-refractivity contribution < 1.29 is 9.72 Å². The molecule has 1 amide bonds. The van der Waals surface area contributed by atoms with E-state index in [4.69, 9.17) is 11.6 Å². The van der Waals surface area contributed by atoms with Gasteiger partial charge in [-0.3, -0.25) is 14.9 Å². The molecule has 0 bridgehead atoms. The summed E-state index contributed by atoms with van der Waals surface area (Å²) in [4.78, 5) is 22.2. The Bertz CT molecular complexity index is 482. The fourth-order valence-corrected chi connectivity index (χ4v) is 2.45. The normalized spacial score (nSPS) is 11.9. The monoisotopic (exact) mass is 348 g/mol. The lowest BCUT2D eigenvalue weighted by Crippen LogP contribution is -2.29. The molecule has 0 aliphatic rings. The van der Waals surface area contributed by atoms with Crippen LogP contribution in [0.25, 0.3) is 0 Å². The van der Waals surface area contributed by atoms with E-state index in [1.165, 1.54) is 18.2 Å². The van der Waals surface area contributed by atoms with Crippen molar-refractivity contribution in [1.82, 2.24) is 5.32 Å². The molecule has 1 rings (SSSR count). The Balaban J connectivity index is 2.81. The summed E-state index contributed by atoms with van der Waals surface area (Å²) in [7, 11) is 0. The maximum Gasteiger partial charge on any atom is 0.282 e. The van der Waals surface area contributed by atoms with Gasteiger partial charge in [0.1, 0.15) is 5.56 Å². The van der Waals surface area contributed by atoms with Crippen LogP contribution in [-0.4, -0.2) is 22.7 Å². The van der Waals surface area contributed by atoms with Crippen molar-refractivity contribution in [3.8, 4) is 0 Å². The summed E-state index contributed by atoms with van der Waals surface area (Å²) in [6.45, 7) is 2.46. The Hall–Kier alpha value is -1.14. The summed E-state index contributed by atoms with van der Waals surface area (Å²) in [5.74, 6) is -0.183. The third kappa shape index (κ3) is 4.80. The number of nitrogens with zero attached hydrogens (tertiary/aromatic N) is 1. The van der Waals surface area contributed by atoms with Gasteiger partial charge >= 0.3 is 0 Å². The second-order valence-corrected chi connectivity index (χ2v) is 5.44. The smallest absolute Gasteiger partial charge is 0.282 e. The van der Waals surface area contributed by atoms with Crippen LogP contribution in [0.15, 0.2) is 18.2 Å².